The molecule has 0 atom stereocenters. The van der Waals surface area contributed by atoms with Crippen molar-refractivity contribution in [3.8, 4) is 17.0 Å². The van der Waals surface area contributed by atoms with Crippen molar-refractivity contribution in [2.24, 2.45) is 4.99 Å². The van der Waals surface area contributed by atoms with Crippen LogP contribution in [0.4, 0.5) is 5.69 Å². The fourth-order valence-electron chi connectivity index (χ4n) is 2.85. The maximum atomic E-state index is 5.28. The highest BCUT2D eigenvalue weighted by Gasteiger charge is 2.09. The molecule has 4 aromatic rings. The number of benzene rings is 2. The summed E-state index contributed by atoms with van der Waals surface area (Å²) in [5, 5.41) is 2.15. The molecule has 0 saturated carbocycles. The van der Waals surface area contributed by atoms with Gasteiger partial charge in [-0.05, 0) is 53.6 Å². The molecule has 0 aliphatic heterocycles. The Morgan fingerprint density at radius 1 is 1.00 bits per heavy atom. The maximum Gasteiger partial charge on any atom is 0.190 e. The Balaban J connectivity index is 1.82. The van der Waals surface area contributed by atoms with Gasteiger partial charge in [0.15, 0.2) is 4.80 Å². The number of pyridine rings is 1. The lowest BCUT2D eigenvalue weighted by atomic mass is 10.1. The number of para-hydroxylation sites is 1. The van der Waals surface area contributed by atoms with E-state index in [2.05, 4.69) is 33.1 Å². The number of hydrogen-bond donors (Lipinski definition) is 0. The lowest BCUT2D eigenvalue weighted by Crippen LogP contribution is -2.16. The fraction of sp³-hybridized carbons (Fsp3) is 0.0909. The summed E-state index contributed by atoms with van der Waals surface area (Å²) in [6.45, 7) is 0.713. The van der Waals surface area contributed by atoms with E-state index < -0.39 is 0 Å². The molecule has 0 saturated heterocycles. The molecule has 0 unspecified atom stereocenters. The van der Waals surface area contributed by atoms with Gasteiger partial charge in [0.25, 0.3) is 0 Å². The van der Waals surface area contributed by atoms with Crippen LogP contribution >= 0.6 is 11.3 Å². The van der Waals surface area contributed by atoms with Crippen molar-refractivity contribution in [1.82, 2.24) is 9.55 Å². The first-order chi connectivity index (χ1) is 13.3. The second-order valence-electron chi connectivity index (χ2n) is 6.03. The Labute approximate surface area is 162 Å². The van der Waals surface area contributed by atoms with Gasteiger partial charge < -0.3 is 9.30 Å². The maximum absolute atomic E-state index is 5.28. The Morgan fingerprint density at radius 2 is 1.81 bits per heavy atom. The molecule has 0 fully saturated rings. The molecule has 2 aromatic carbocycles. The summed E-state index contributed by atoms with van der Waals surface area (Å²) in [5.74, 6) is 0.849. The summed E-state index contributed by atoms with van der Waals surface area (Å²) in [6, 6.07) is 22.2. The average molecular weight is 373 g/mol. The van der Waals surface area contributed by atoms with Crippen molar-refractivity contribution in [1.29, 1.82) is 0 Å². The minimum Gasteiger partial charge on any atom is -0.497 e. The molecule has 0 amide bonds. The third-order valence-electron chi connectivity index (χ3n) is 4.23. The highest BCUT2D eigenvalue weighted by atomic mass is 32.1. The Bertz CT molecular complexity index is 1070. The molecular formula is C22H19N3OS. The largest absolute Gasteiger partial charge is 0.497 e. The Hall–Kier alpha value is -3.18. The van der Waals surface area contributed by atoms with Crippen molar-refractivity contribution in [2.45, 2.75) is 6.54 Å². The lowest BCUT2D eigenvalue weighted by molar-refractivity contribution is 0.415. The predicted molar refractivity (Wildman–Crippen MR) is 109 cm³/mol. The molecule has 0 spiro atoms. The summed E-state index contributed by atoms with van der Waals surface area (Å²) in [5.41, 5.74) is 4.34. The van der Waals surface area contributed by atoms with E-state index in [1.165, 1.54) is 0 Å². The van der Waals surface area contributed by atoms with Gasteiger partial charge in [0.1, 0.15) is 5.75 Å². The highest BCUT2D eigenvalue weighted by Crippen LogP contribution is 2.24. The highest BCUT2D eigenvalue weighted by molar-refractivity contribution is 7.07. The zero-order chi connectivity index (χ0) is 18.5. The van der Waals surface area contributed by atoms with Gasteiger partial charge in [0, 0.05) is 17.8 Å². The molecule has 5 heteroatoms. The average Bonchev–Trinajstić information content (AvgIpc) is 3.12. The minimum atomic E-state index is 0.713. The summed E-state index contributed by atoms with van der Waals surface area (Å²) in [6.07, 6.45) is 3.69. The van der Waals surface area contributed by atoms with Crippen LogP contribution in [0.2, 0.25) is 0 Å². The van der Waals surface area contributed by atoms with Gasteiger partial charge >= 0.3 is 0 Å². The topological polar surface area (TPSA) is 39.4 Å². The molecule has 2 aromatic heterocycles. The molecule has 0 bridgehead atoms. The predicted octanol–water partition coefficient (Wildman–Crippen LogP) is 4.90. The van der Waals surface area contributed by atoms with E-state index in [-0.39, 0.29) is 0 Å². The summed E-state index contributed by atoms with van der Waals surface area (Å²) < 4.78 is 7.52. The van der Waals surface area contributed by atoms with Gasteiger partial charge in [-0.15, -0.1) is 11.3 Å². The molecule has 4 rings (SSSR count). The smallest absolute Gasteiger partial charge is 0.190 e. The molecular weight excluding hydrogens is 354 g/mol. The van der Waals surface area contributed by atoms with E-state index in [1.54, 1.807) is 24.6 Å². The molecule has 0 radical (unpaired) electrons. The van der Waals surface area contributed by atoms with Crippen molar-refractivity contribution >= 4 is 17.0 Å². The number of rotatable bonds is 5. The van der Waals surface area contributed by atoms with E-state index >= 15 is 0 Å². The molecule has 0 aliphatic rings. The van der Waals surface area contributed by atoms with Gasteiger partial charge in [0.05, 0.1) is 25.0 Å². The third-order valence-corrected chi connectivity index (χ3v) is 5.09. The van der Waals surface area contributed by atoms with E-state index in [9.17, 15) is 0 Å². The zero-order valence-electron chi connectivity index (χ0n) is 14.9. The first kappa shape index (κ1) is 17.2. The van der Waals surface area contributed by atoms with Crippen LogP contribution in [-0.4, -0.2) is 16.7 Å². The van der Waals surface area contributed by atoms with E-state index in [1.807, 2.05) is 54.7 Å². The summed E-state index contributed by atoms with van der Waals surface area (Å²) in [4.78, 5) is 10.1. The molecule has 0 N–H and O–H groups in total. The first-order valence-corrected chi connectivity index (χ1v) is 9.53. The van der Waals surface area contributed by atoms with E-state index in [4.69, 9.17) is 9.73 Å². The number of aromatic nitrogens is 2. The number of hydrogen-bond acceptors (Lipinski definition) is 4. The van der Waals surface area contributed by atoms with Crippen LogP contribution < -0.4 is 9.54 Å². The summed E-state index contributed by atoms with van der Waals surface area (Å²) >= 11 is 1.64. The second-order valence-corrected chi connectivity index (χ2v) is 6.86. The first-order valence-electron chi connectivity index (χ1n) is 8.65. The second kappa shape index (κ2) is 8.01. The lowest BCUT2D eigenvalue weighted by Gasteiger charge is -2.10. The van der Waals surface area contributed by atoms with Crippen LogP contribution in [0.1, 0.15) is 5.56 Å². The molecule has 2 heterocycles. The van der Waals surface area contributed by atoms with Crippen molar-refractivity contribution < 1.29 is 4.74 Å². The van der Waals surface area contributed by atoms with Gasteiger partial charge in [-0.1, -0.05) is 24.3 Å². The van der Waals surface area contributed by atoms with Crippen LogP contribution in [0.25, 0.3) is 11.3 Å². The molecule has 0 aliphatic carbocycles. The Kier molecular flexibility index (Phi) is 5.12. The van der Waals surface area contributed by atoms with Gasteiger partial charge in [-0.2, -0.15) is 0 Å². The van der Waals surface area contributed by atoms with Gasteiger partial charge in [-0.3, -0.25) is 4.98 Å². The van der Waals surface area contributed by atoms with E-state index in [0.29, 0.717) is 6.54 Å². The van der Waals surface area contributed by atoms with Crippen molar-refractivity contribution in [3.63, 3.8) is 0 Å². The van der Waals surface area contributed by atoms with Crippen LogP contribution in [0.5, 0.6) is 5.75 Å². The molecule has 134 valence electrons. The van der Waals surface area contributed by atoms with Crippen LogP contribution in [0.3, 0.4) is 0 Å². The van der Waals surface area contributed by atoms with Crippen LogP contribution in [0, 0.1) is 0 Å². The zero-order valence-corrected chi connectivity index (χ0v) is 15.8. The number of ether oxygens (including phenoxy) is 1. The normalized spacial score (nSPS) is 11.5. The van der Waals surface area contributed by atoms with Crippen LogP contribution in [-0.2, 0) is 6.54 Å². The quantitative estimate of drug-likeness (QED) is 0.499. The van der Waals surface area contributed by atoms with Crippen molar-refractivity contribution in [3.05, 3.63) is 94.9 Å². The van der Waals surface area contributed by atoms with Gasteiger partial charge in [-0.25, -0.2) is 4.99 Å². The van der Waals surface area contributed by atoms with E-state index in [0.717, 1.165) is 33.1 Å². The number of methoxy groups -OCH3 is 1. The SMILES string of the molecule is COc1ccc(-c2csc(=Nc3ccccc3)n2Cc2cccnc2)cc1. The standard InChI is InChI=1S/C22H19N3OS/c1-26-20-11-9-18(10-12-20)21-16-27-22(24-19-7-3-2-4-8-19)25(21)15-17-6-5-13-23-14-17/h2-14,16H,15H2,1H3. The number of nitrogens with zero attached hydrogens (tertiary/aromatic N) is 3. The van der Waals surface area contributed by atoms with Crippen molar-refractivity contribution in [2.75, 3.05) is 7.11 Å². The molecule has 27 heavy (non-hydrogen) atoms. The van der Waals surface area contributed by atoms with Crippen LogP contribution in [0.15, 0.2) is 89.5 Å². The monoisotopic (exact) mass is 373 g/mol. The van der Waals surface area contributed by atoms with Gasteiger partial charge in [0.2, 0.25) is 0 Å². The molecule has 4 nitrogen and oxygen atoms in total. The summed E-state index contributed by atoms with van der Waals surface area (Å²) in [7, 11) is 1.68. The fourth-order valence-corrected chi connectivity index (χ4v) is 3.78. The minimum absolute atomic E-state index is 0.713. The number of thiazole rings is 1. The Morgan fingerprint density at radius 3 is 2.52 bits per heavy atom. The third kappa shape index (κ3) is 3.99.